The van der Waals surface area contributed by atoms with E-state index in [-0.39, 0.29) is 46.1 Å². The molecule has 9 rings (SSSR count). The van der Waals surface area contributed by atoms with E-state index in [0.29, 0.717) is 16.7 Å². The van der Waals surface area contributed by atoms with E-state index in [2.05, 4.69) is 48.5 Å². The van der Waals surface area contributed by atoms with Gasteiger partial charge in [-0.15, -0.1) is 0 Å². The summed E-state index contributed by atoms with van der Waals surface area (Å²) in [5, 5.41) is 4.08. The third-order valence-corrected chi connectivity index (χ3v) is 8.59. The lowest BCUT2D eigenvalue weighted by molar-refractivity contribution is 0.670. The second kappa shape index (κ2) is 10.4. The van der Waals surface area contributed by atoms with Crippen LogP contribution in [0.1, 0.15) is 8.22 Å². The Hall–Kier alpha value is -5.92. The van der Waals surface area contributed by atoms with E-state index in [0.717, 1.165) is 49.4 Å². The maximum absolute atomic E-state index is 9.84. The van der Waals surface area contributed by atoms with Crippen LogP contribution in [0.2, 0.25) is 0 Å². The van der Waals surface area contributed by atoms with Crippen LogP contribution in [-0.2, 0) is 0 Å². The molecule has 0 N–H and O–H groups in total. The fourth-order valence-electron chi connectivity index (χ4n) is 6.56. The van der Waals surface area contributed by atoms with Crippen molar-refractivity contribution in [2.24, 2.45) is 0 Å². The van der Waals surface area contributed by atoms with Crippen LogP contribution in [-0.4, -0.2) is 0 Å². The SMILES string of the molecule is [2H]c1c([2H])c([2H])c2c(oc3c(-c4ccccc4)c([2H])c(-c4c5ccccc5c(-c5ccc(-c6ccccc6)cc5)c5ccccc45)c([2H])c32)c1[2H]. The lowest BCUT2D eigenvalue weighted by Crippen LogP contribution is -1.91. The van der Waals surface area contributed by atoms with Crippen molar-refractivity contribution in [2.75, 3.05) is 0 Å². The molecule has 0 atom stereocenters. The van der Waals surface area contributed by atoms with Crippen LogP contribution in [0.3, 0.4) is 0 Å². The van der Waals surface area contributed by atoms with Crippen LogP contribution in [0.5, 0.6) is 0 Å². The van der Waals surface area contributed by atoms with E-state index in [9.17, 15) is 2.74 Å². The maximum Gasteiger partial charge on any atom is 0.143 e. The molecular formula is C44H28O. The maximum atomic E-state index is 9.84. The minimum Gasteiger partial charge on any atom is -0.455 e. The standard InChI is InChI=1S/C44H28O/c1-3-13-29(14-4-1)30-23-25-32(26-24-30)42-35-18-7-9-20-37(35)43(38-21-10-8-19-36(38)42)33-27-39(31-15-5-2-6-16-31)44-40(28-33)34-17-11-12-22-41(34)45-44/h1-28H/i11D,12D,17D,22D,27D,28D. The molecule has 8 aromatic carbocycles. The first-order chi connectivity index (χ1) is 24.8. The summed E-state index contributed by atoms with van der Waals surface area (Å²) in [4.78, 5) is 0. The van der Waals surface area contributed by atoms with Gasteiger partial charge in [-0.1, -0.05) is 152 Å². The van der Waals surface area contributed by atoms with Gasteiger partial charge in [0.25, 0.3) is 0 Å². The Labute approximate surface area is 270 Å². The number of benzene rings is 8. The molecule has 45 heavy (non-hydrogen) atoms. The van der Waals surface area contributed by atoms with Crippen LogP contribution in [0, 0.1) is 0 Å². The molecule has 0 aliphatic heterocycles. The van der Waals surface area contributed by atoms with Gasteiger partial charge in [0.1, 0.15) is 11.2 Å². The van der Waals surface area contributed by atoms with Crippen LogP contribution in [0.15, 0.2) is 174 Å². The summed E-state index contributed by atoms with van der Waals surface area (Å²) in [5.74, 6) is 0. The Morgan fingerprint density at radius 1 is 0.378 bits per heavy atom. The second-order valence-electron chi connectivity index (χ2n) is 11.2. The topological polar surface area (TPSA) is 13.1 Å². The van der Waals surface area contributed by atoms with Crippen molar-refractivity contribution < 1.29 is 12.6 Å². The van der Waals surface area contributed by atoms with Crippen molar-refractivity contribution in [3.8, 4) is 44.5 Å². The minimum absolute atomic E-state index is 0.0197. The van der Waals surface area contributed by atoms with E-state index >= 15 is 0 Å². The highest BCUT2D eigenvalue weighted by Crippen LogP contribution is 2.46. The van der Waals surface area contributed by atoms with Gasteiger partial charge in [0.2, 0.25) is 0 Å². The second-order valence-corrected chi connectivity index (χ2v) is 11.2. The highest BCUT2D eigenvalue weighted by Gasteiger charge is 2.20. The van der Waals surface area contributed by atoms with E-state index < -0.39 is 12.1 Å². The predicted octanol–water partition coefficient (Wildman–Crippen LogP) is 12.6. The molecule has 1 nitrogen and oxygen atoms in total. The molecule has 0 saturated carbocycles. The third kappa shape index (κ3) is 4.17. The minimum atomic E-state index is -0.407. The van der Waals surface area contributed by atoms with Crippen molar-refractivity contribution in [1.29, 1.82) is 0 Å². The molecule has 1 heteroatoms. The van der Waals surface area contributed by atoms with Crippen molar-refractivity contribution in [2.45, 2.75) is 0 Å². The molecule has 0 aliphatic rings. The molecule has 0 aliphatic carbocycles. The van der Waals surface area contributed by atoms with Gasteiger partial charge in [0, 0.05) is 16.3 Å². The zero-order valence-electron chi connectivity index (χ0n) is 30.1. The van der Waals surface area contributed by atoms with Crippen molar-refractivity contribution in [1.82, 2.24) is 0 Å². The third-order valence-electron chi connectivity index (χ3n) is 8.59. The van der Waals surface area contributed by atoms with Gasteiger partial charge in [-0.3, -0.25) is 0 Å². The molecule has 0 fully saturated rings. The molecule has 0 spiro atoms. The summed E-state index contributed by atoms with van der Waals surface area (Å²) in [6.07, 6.45) is 0. The molecule has 0 radical (unpaired) electrons. The Morgan fingerprint density at radius 2 is 0.867 bits per heavy atom. The highest BCUT2D eigenvalue weighted by molar-refractivity contribution is 6.23. The Balaban J connectivity index is 1.42. The molecule has 9 aromatic rings. The largest absolute Gasteiger partial charge is 0.455 e. The summed E-state index contributed by atoms with van der Waals surface area (Å²) >= 11 is 0. The number of hydrogen-bond donors (Lipinski definition) is 0. The van der Waals surface area contributed by atoms with Crippen molar-refractivity contribution >= 4 is 43.5 Å². The van der Waals surface area contributed by atoms with E-state index in [1.807, 2.05) is 84.9 Å². The molecule has 1 aromatic heterocycles. The van der Waals surface area contributed by atoms with Gasteiger partial charge in [-0.05, 0) is 78.6 Å². The smallest absolute Gasteiger partial charge is 0.143 e. The summed E-state index contributed by atoms with van der Waals surface area (Å²) in [6, 6.07) is 43.1. The summed E-state index contributed by atoms with van der Waals surface area (Å²) in [6.45, 7) is 0. The van der Waals surface area contributed by atoms with E-state index in [4.69, 9.17) is 9.90 Å². The van der Waals surface area contributed by atoms with Crippen LogP contribution in [0.4, 0.5) is 0 Å². The molecule has 1 heterocycles. The Bertz CT molecular complexity index is 2790. The van der Waals surface area contributed by atoms with Crippen LogP contribution < -0.4 is 0 Å². The lowest BCUT2D eigenvalue weighted by Gasteiger charge is -2.18. The predicted molar refractivity (Wildman–Crippen MR) is 190 cm³/mol. The molecule has 0 unspecified atom stereocenters. The van der Waals surface area contributed by atoms with Gasteiger partial charge in [-0.2, -0.15) is 0 Å². The molecule has 0 bridgehead atoms. The quantitative estimate of drug-likeness (QED) is 0.189. The first-order valence-corrected chi connectivity index (χ1v) is 15.0. The number of fused-ring (bicyclic) bond motifs is 5. The van der Waals surface area contributed by atoms with Crippen LogP contribution in [0.25, 0.3) is 88.0 Å². The molecular weight excluding hydrogens is 544 g/mol. The molecule has 210 valence electrons. The first kappa shape index (κ1) is 20.1. The van der Waals surface area contributed by atoms with Gasteiger partial charge >= 0.3 is 0 Å². The summed E-state index contributed by atoms with van der Waals surface area (Å²) < 4.78 is 60.3. The number of rotatable bonds is 4. The van der Waals surface area contributed by atoms with Gasteiger partial charge in [-0.25, -0.2) is 0 Å². The average Bonchev–Trinajstić information content (AvgIpc) is 3.58. The number of para-hydroxylation sites is 1. The lowest BCUT2D eigenvalue weighted by atomic mass is 9.84. The fourth-order valence-corrected chi connectivity index (χ4v) is 6.56. The van der Waals surface area contributed by atoms with Crippen LogP contribution >= 0.6 is 0 Å². The molecule has 0 amide bonds. The summed E-state index contributed by atoms with van der Waals surface area (Å²) in [7, 11) is 0. The first-order valence-electron chi connectivity index (χ1n) is 18.0. The van der Waals surface area contributed by atoms with Gasteiger partial charge in [0.15, 0.2) is 0 Å². The number of hydrogen-bond acceptors (Lipinski definition) is 1. The summed E-state index contributed by atoms with van der Waals surface area (Å²) in [5.41, 5.74) is 6.73. The van der Waals surface area contributed by atoms with Gasteiger partial charge in [0.05, 0.1) is 8.22 Å². The molecule has 0 saturated heterocycles. The zero-order chi connectivity index (χ0) is 35.0. The Kier molecular flexibility index (Phi) is 4.63. The monoisotopic (exact) mass is 578 g/mol. The number of furan rings is 1. The van der Waals surface area contributed by atoms with Crippen molar-refractivity contribution in [3.05, 3.63) is 170 Å². The average molecular weight is 579 g/mol. The normalized spacial score (nSPS) is 13.4. The van der Waals surface area contributed by atoms with E-state index in [1.54, 1.807) is 0 Å². The van der Waals surface area contributed by atoms with Crippen molar-refractivity contribution in [3.63, 3.8) is 0 Å². The van der Waals surface area contributed by atoms with Gasteiger partial charge < -0.3 is 4.42 Å². The zero-order valence-corrected chi connectivity index (χ0v) is 24.1. The highest BCUT2D eigenvalue weighted by atomic mass is 16.3. The Morgan fingerprint density at radius 3 is 1.49 bits per heavy atom. The fraction of sp³-hybridized carbons (Fsp3) is 0. The van der Waals surface area contributed by atoms with E-state index in [1.165, 1.54) is 0 Å².